The van der Waals surface area contributed by atoms with Crippen molar-refractivity contribution < 1.29 is 4.79 Å². The number of nitrogens with one attached hydrogen (secondary N) is 2. The normalized spacial score (nSPS) is 12.5. The highest BCUT2D eigenvalue weighted by Gasteiger charge is 2.04. The van der Waals surface area contributed by atoms with Crippen LogP contribution in [0.1, 0.15) is 47.7 Å². The number of carbonyl (C=O) groups excluding carboxylic acids is 1. The van der Waals surface area contributed by atoms with Crippen molar-refractivity contribution in [3.05, 3.63) is 65.2 Å². The molecule has 2 rings (SSSR count). The lowest BCUT2D eigenvalue weighted by Crippen LogP contribution is -2.22. The van der Waals surface area contributed by atoms with Gasteiger partial charge in [-0.1, -0.05) is 38.1 Å². The molecule has 2 aromatic carbocycles. The lowest BCUT2D eigenvalue weighted by Gasteiger charge is -2.11. The van der Waals surface area contributed by atoms with E-state index >= 15 is 0 Å². The summed E-state index contributed by atoms with van der Waals surface area (Å²) in [6.45, 7) is 4.86. The second-order valence-corrected chi connectivity index (χ2v) is 6.03. The molecule has 2 aromatic rings. The van der Waals surface area contributed by atoms with E-state index in [0.29, 0.717) is 24.0 Å². The average molecular weight is 338 g/mol. The Kier molecular flexibility index (Phi) is 6.57. The lowest BCUT2D eigenvalue weighted by atomic mass is 9.99. The van der Waals surface area contributed by atoms with Crippen LogP contribution in [-0.4, -0.2) is 18.9 Å². The molecule has 0 heterocycles. The number of nitrogens with zero attached hydrogens (tertiary/aromatic N) is 1. The molecule has 5 heteroatoms. The number of benzene rings is 2. The Morgan fingerprint density at radius 2 is 1.76 bits per heavy atom. The van der Waals surface area contributed by atoms with E-state index in [1.165, 1.54) is 5.56 Å². The molecule has 0 saturated heterocycles. The van der Waals surface area contributed by atoms with Crippen molar-refractivity contribution in [1.29, 1.82) is 0 Å². The molecule has 0 saturated carbocycles. The molecule has 0 aliphatic heterocycles. The fourth-order valence-electron chi connectivity index (χ4n) is 2.40. The van der Waals surface area contributed by atoms with Crippen LogP contribution in [0.2, 0.25) is 0 Å². The van der Waals surface area contributed by atoms with Crippen molar-refractivity contribution >= 4 is 17.6 Å². The minimum Gasteiger partial charge on any atom is -0.370 e. The molecule has 1 amide bonds. The first-order valence-electron chi connectivity index (χ1n) is 8.51. The number of carbonyl (C=O) groups is 1. The second-order valence-electron chi connectivity index (χ2n) is 6.03. The van der Waals surface area contributed by atoms with Crippen LogP contribution < -0.4 is 16.4 Å². The fraction of sp³-hybridized carbons (Fsp3) is 0.300. The van der Waals surface area contributed by atoms with Crippen molar-refractivity contribution in [2.75, 3.05) is 12.4 Å². The molecule has 5 nitrogen and oxygen atoms in total. The highest BCUT2D eigenvalue weighted by atomic mass is 16.1. The van der Waals surface area contributed by atoms with Gasteiger partial charge in [-0.3, -0.25) is 4.79 Å². The highest BCUT2D eigenvalue weighted by Crippen LogP contribution is 2.20. The van der Waals surface area contributed by atoms with Crippen LogP contribution >= 0.6 is 0 Å². The maximum Gasteiger partial charge on any atom is 0.251 e. The van der Waals surface area contributed by atoms with Gasteiger partial charge in [0.15, 0.2) is 5.96 Å². The van der Waals surface area contributed by atoms with Gasteiger partial charge in [0.05, 0.1) is 6.54 Å². The zero-order valence-corrected chi connectivity index (χ0v) is 15.0. The van der Waals surface area contributed by atoms with E-state index in [4.69, 9.17) is 5.73 Å². The van der Waals surface area contributed by atoms with Gasteiger partial charge < -0.3 is 16.4 Å². The van der Waals surface area contributed by atoms with Crippen molar-refractivity contribution in [3.63, 3.8) is 0 Å². The van der Waals surface area contributed by atoms with Crippen LogP contribution in [0, 0.1) is 0 Å². The van der Waals surface area contributed by atoms with Gasteiger partial charge in [-0.2, -0.15) is 0 Å². The van der Waals surface area contributed by atoms with E-state index in [1.54, 1.807) is 19.2 Å². The lowest BCUT2D eigenvalue weighted by molar-refractivity contribution is 0.0963. The van der Waals surface area contributed by atoms with Crippen molar-refractivity contribution in [3.8, 4) is 0 Å². The molecule has 0 radical (unpaired) electrons. The number of hydrogen-bond donors (Lipinski definition) is 3. The molecule has 25 heavy (non-hydrogen) atoms. The Bertz CT molecular complexity index is 720. The van der Waals surface area contributed by atoms with Crippen LogP contribution in [-0.2, 0) is 6.54 Å². The summed E-state index contributed by atoms with van der Waals surface area (Å²) in [7, 11) is 1.61. The highest BCUT2D eigenvalue weighted by molar-refractivity contribution is 5.94. The Labute approximate surface area is 149 Å². The summed E-state index contributed by atoms with van der Waals surface area (Å²) < 4.78 is 0. The standard InChI is InChI=1S/C20H26N4O/c1-4-14(2)16-9-11-18(12-10-16)24-20(21)23-13-15-5-7-17(8-6-15)19(25)22-3/h5-12,14H,4,13H2,1-3H3,(H,22,25)(H3,21,23,24). The molecule has 0 spiro atoms. The smallest absolute Gasteiger partial charge is 0.251 e. The summed E-state index contributed by atoms with van der Waals surface area (Å²) in [5.41, 5.74) is 9.81. The molecule has 0 fully saturated rings. The quantitative estimate of drug-likeness (QED) is 0.557. The maximum atomic E-state index is 11.5. The Morgan fingerprint density at radius 3 is 2.32 bits per heavy atom. The number of rotatable bonds is 6. The van der Waals surface area contributed by atoms with Gasteiger partial charge in [0.25, 0.3) is 5.91 Å². The van der Waals surface area contributed by atoms with Crippen molar-refractivity contribution in [1.82, 2.24) is 5.32 Å². The molecule has 4 N–H and O–H groups in total. The molecule has 1 unspecified atom stereocenters. The summed E-state index contributed by atoms with van der Waals surface area (Å²) in [6, 6.07) is 15.6. The van der Waals surface area contributed by atoms with E-state index in [2.05, 4.69) is 41.6 Å². The summed E-state index contributed by atoms with van der Waals surface area (Å²) >= 11 is 0. The topological polar surface area (TPSA) is 79.5 Å². The fourth-order valence-corrected chi connectivity index (χ4v) is 2.40. The SMILES string of the molecule is CCC(C)c1ccc(NC(N)=NCc2ccc(C(=O)NC)cc2)cc1. The van der Waals surface area contributed by atoms with Gasteiger partial charge in [0.1, 0.15) is 0 Å². The minimum absolute atomic E-state index is 0.0999. The van der Waals surface area contributed by atoms with Gasteiger partial charge in [-0.25, -0.2) is 4.99 Å². The first kappa shape index (κ1) is 18.5. The van der Waals surface area contributed by atoms with Gasteiger partial charge >= 0.3 is 0 Å². The maximum absolute atomic E-state index is 11.5. The van der Waals surface area contributed by atoms with Gasteiger partial charge in [-0.15, -0.1) is 0 Å². The third-order valence-corrected chi connectivity index (χ3v) is 4.24. The van der Waals surface area contributed by atoms with E-state index < -0.39 is 0 Å². The molecule has 0 aromatic heterocycles. The summed E-state index contributed by atoms with van der Waals surface area (Å²) in [6.07, 6.45) is 1.12. The molecule has 0 aliphatic carbocycles. The second kappa shape index (κ2) is 8.87. The minimum atomic E-state index is -0.0999. The molecule has 0 bridgehead atoms. The molecule has 1 atom stereocenters. The zero-order chi connectivity index (χ0) is 18.2. The molecule has 0 aliphatic rings. The van der Waals surface area contributed by atoms with E-state index in [1.807, 2.05) is 24.3 Å². The van der Waals surface area contributed by atoms with Gasteiger partial charge in [0, 0.05) is 18.3 Å². The van der Waals surface area contributed by atoms with Crippen LogP contribution in [0.25, 0.3) is 0 Å². The predicted octanol–water partition coefficient (Wildman–Crippen LogP) is 3.49. The third kappa shape index (κ3) is 5.35. The number of hydrogen-bond acceptors (Lipinski definition) is 2. The number of nitrogens with two attached hydrogens (primary N) is 1. The van der Waals surface area contributed by atoms with Crippen molar-refractivity contribution in [2.45, 2.75) is 32.7 Å². The van der Waals surface area contributed by atoms with Crippen molar-refractivity contribution in [2.24, 2.45) is 10.7 Å². The van der Waals surface area contributed by atoms with Gasteiger partial charge in [0.2, 0.25) is 0 Å². The first-order chi connectivity index (χ1) is 12.0. The third-order valence-electron chi connectivity index (χ3n) is 4.24. The number of aliphatic imine (C=N–C) groups is 1. The number of amides is 1. The number of guanidine groups is 1. The van der Waals surface area contributed by atoms with Gasteiger partial charge in [-0.05, 0) is 47.7 Å². The first-order valence-corrected chi connectivity index (χ1v) is 8.51. The van der Waals surface area contributed by atoms with Crippen LogP contribution in [0.5, 0.6) is 0 Å². The van der Waals surface area contributed by atoms with Crippen LogP contribution in [0.3, 0.4) is 0 Å². The molecular formula is C20H26N4O. The zero-order valence-electron chi connectivity index (χ0n) is 15.0. The Hall–Kier alpha value is -2.82. The van der Waals surface area contributed by atoms with Crippen LogP contribution in [0.4, 0.5) is 5.69 Å². The monoisotopic (exact) mass is 338 g/mol. The summed E-state index contributed by atoms with van der Waals surface area (Å²) in [4.78, 5) is 15.9. The van der Waals surface area contributed by atoms with Crippen LogP contribution in [0.15, 0.2) is 53.5 Å². The van der Waals surface area contributed by atoms with E-state index in [9.17, 15) is 4.79 Å². The number of anilines is 1. The van der Waals surface area contributed by atoms with E-state index in [-0.39, 0.29) is 5.91 Å². The summed E-state index contributed by atoms with van der Waals surface area (Å²) in [5, 5.41) is 5.69. The Balaban J connectivity index is 1.94. The average Bonchev–Trinajstić information content (AvgIpc) is 2.66. The molecular weight excluding hydrogens is 312 g/mol. The summed E-state index contributed by atoms with van der Waals surface area (Å²) in [5.74, 6) is 0.821. The van der Waals surface area contributed by atoms with E-state index in [0.717, 1.165) is 17.7 Å². The largest absolute Gasteiger partial charge is 0.370 e. The predicted molar refractivity (Wildman–Crippen MR) is 104 cm³/mol. The molecule has 132 valence electrons. The Morgan fingerprint density at radius 1 is 1.12 bits per heavy atom.